The number of hydrogen-bond donors (Lipinski definition) is 1. The number of carbonyl (C=O) groups is 3. The third-order valence-electron chi connectivity index (χ3n) is 4.80. The first-order chi connectivity index (χ1) is 12.7. The fraction of sp³-hybridized carbons (Fsp3) is 0.263. The number of nitrogens with zero attached hydrogens (tertiary/aromatic N) is 3. The van der Waals surface area contributed by atoms with Crippen LogP contribution in [-0.2, 0) is 4.79 Å². The summed E-state index contributed by atoms with van der Waals surface area (Å²) in [6.07, 6.45) is 3.42. The number of rotatable bonds is 3. The van der Waals surface area contributed by atoms with Crippen LogP contribution in [-0.4, -0.2) is 58.7 Å². The first-order valence-corrected chi connectivity index (χ1v) is 8.52. The molecule has 0 bridgehead atoms. The van der Waals surface area contributed by atoms with E-state index in [1.807, 2.05) is 12.1 Å². The van der Waals surface area contributed by atoms with Crippen molar-refractivity contribution in [1.29, 1.82) is 0 Å². The van der Waals surface area contributed by atoms with E-state index in [2.05, 4.69) is 10.3 Å². The summed E-state index contributed by atoms with van der Waals surface area (Å²) in [5, 5.41) is 3.27. The summed E-state index contributed by atoms with van der Waals surface area (Å²) in [5.41, 5.74) is 1.64. The number of hydrogen-bond acceptors (Lipinski definition) is 5. The van der Waals surface area contributed by atoms with Crippen molar-refractivity contribution in [3.8, 4) is 0 Å². The molecule has 1 unspecified atom stereocenters. The number of piperazine rings is 1. The van der Waals surface area contributed by atoms with Gasteiger partial charge in [-0.25, -0.2) is 0 Å². The second-order valence-corrected chi connectivity index (χ2v) is 6.34. The van der Waals surface area contributed by atoms with Gasteiger partial charge in [0, 0.05) is 32.0 Å². The fourth-order valence-electron chi connectivity index (χ4n) is 3.48. The molecular formula is C19H18N4O3. The van der Waals surface area contributed by atoms with Crippen LogP contribution >= 0.6 is 0 Å². The minimum absolute atomic E-state index is 0.167. The van der Waals surface area contributed by atoms with Crippen molar-refractivity contribution in [3.05, 3.63) is 65.5 Å². The lowest BCUT2D eigenvalue weighted by Gasteiger charge is -2.37. The number of amides is 3. The Morgan fingerprint density at radius 2 is 1.85 bits per heavy atom. The van der Waals surface area contributed by atoms with Gasteiger partial charge in [0.2, 0.25) is 5.91 Å². The van der Waals surface area contributed by atoms with E-state index < -0.39 is 11.8 Å². The summed E-state index contributed by atoms with van der Waals surface area (Å²) >= 11 is 0. The van der Waals surface area contributed by atoms with E-state index in [0.29, 0.717) is 30.8 Å². The van der Waals surface area contributed by atoms with Gasteiger partial charge >= 0.3 is 0 Å². The van der Waals surface area contributed by atoms with Crippen LogP contribution < -0.4 is 5.32 Å². The highest BCUT2D eigenvalue weighted by molar-refractivity contribution is 6.22. The van der Waals surface area contributed by atoms with Crippen molar-refractivity contribution in [2.75, 3.05) is 26.2 Å². The van der Waals surface area contributed by atoms with Crippen LogP contribution in [0, 0.1) is 0 Å². The zero-order chi connectivity index (χ0) is 18.1. The molecule has 1 atom stereocenters. The summed E-state index contributed by atoms with van der Waals surface area (Å²) < 4.78 is 0. The van der Waals surface area contributed by atoms with E-state index >= 15 is 0 Å². The summed E-state index contributed by atoms with van der Waals surface area (Å²) in [5.74, 6) is -1.06. The Kier molecular flexibility index (Phi) is 4.22. The van der Waals surface area contributed by atoms with E-state index in [0.717, 1.165) is 10.5 Å². The molecule has 1 aromatic carbocycles. The molecule has 1 saturated heterocycles. The van der Waals surface area contributed by atoms with Crippen LogP contribution in [0.25, 0.3) is 0 Å². The molecule has 2 aliphatic rings. The van der Waals surface area contributed by atoms with Gasteiger partial charge in [-0.2, -0.15) is 0 Å². The molecule has 7 heteroatoms. The van der Waals surface area contributed by atoms with E-state index in [-0.39, 0.29) is 18.5 Å². The largest absolute Gasteiger partial charge is 0.331 e. The zero-order valence-electron chi connectivity index (χ0n) is 14.1. The molecule has 0 radical (unpaired) electrons. The second kappa shape index (κ2) is 6.68. The maximum Gasteiger partial charge on any atom is 0.262 e. The highest BCUT2D eigenvalue weighted by Crippen LogP contribution is 2.25. The average molecular weight is 350 g/mol. The van der Waals surface area contributed by atoms with Gasteiger partial charge in [-0.15, -0.1) is 0 Å². The Bertz CT molecular complexity index is 833. The first kappa shape index (κ1) is 16.4. The molecule has 0 spiro atoms. The summed E-state index contributed by atoms with van der Waals surface area (Å²) in [6, 6.07) is 10.2. The number of carbonyl (C=O) groups excluding carboxylic acids is 3. The standard InChI is InChI=1S/C19H18N4O3/c24-17(12-23-18(25)14-5-1-2-6-15(14)19(23)26)22-9-8-21-11-16(22)13-4-3-7-20-10-13/h1-7,10,16,21H,8-9,11-12H2. The quantitative estimate of drug-likeness (QED) is 0.830. The van der Waals surface area contributed by atoms with E-state index in [1.165, 1.54) is 0 Å². The van der Waals surface area contributed by atoms with Crippen molar-refractivity contribution in [3.63, 3.8) is 0 Å². The normalized spacial score (nSPS) is 19.6. The second-order valence-electron chi connectivity index (χ2n) is 6.34. The molecular weight excluding hydrogens is 332 g/mol. The predicted molar refractivity (Wildman–Crippen MR) is 93.4 cm³/mol. The summed E-state index contributed by atoms with van der Waals surface area (Å²) in [4.78, 5) is 44.8. The monoisotopic (exact) mass is 350 g/mol. The van der Waals surface area contributed by atoms with Gasteiger partial charge < -0.3 is 10.2 Å². The van der Waals surface area contributed by atoms with Gasteiger partial charge in [0.05, 0.1) is 17.2 Å². The molecule has 132 valence electrons. The summed E-state index contributed by atoms with van der Waals surface area (Å²) in [6.45, 7) is 1.55. The Morgan fingerprint density at radius 3 is 2.50 bits per heavy atom. The topological polar surface area (TPSA) is 82.6 Å². The number of nitrogens with one attached hydrogen (secondary N) is 1. The lowest BCUT2D eigenvalue weighted by molar-refractivity contribution is -0.134. The molecule has 0 aliphatic carbocycles. The van der Waals surface area contributed by atoms with Crippen molar-refractivity contribution in [1.82, 2.24) is 20.1 Å². The van der Waals surface area contributed by atoms with E-state index in [1.54, 1.807) is 41.6 Å². The molecule has 26 heavy (non-hydrogen) atoms. The molecule has 1 fully saturated rings. The van der Waals surface area contributed by atoms with Gasteiger partial charge in [0.25, 0.3) is 11.8 Å². The van der Waals surface area contributed by atoms with Crippen molar-refractivity contribution >= 4 is 17.7 Å². The van der Waals surface area contributed by atoms with Crippen LogP contribution in [0.5, 0.6) is 0 Å². The predicted octanol–water partition coefficient (Wildman–Crippen LogP) is 0.851. The van der Waals surface area contributed by atoms with Crippen LogP contribution in [0.3, 0.4) is 0 Å². The van der Waals surface area contributed by atoms with Crippen molar-refractivity contribution < 1.29 is 14.4 Å². The highest BCUT2D eigenvalue weighted by Gasteiger charge is 2.38. The Hall–Kier alpha value is -3.06. The van der Waals surface area contributed by atoms with Crippen LogP contribution in [0.4, 0.5) is 0 Å². The molecule has 3 heterocycles. The first-order valence-electron chi connectivity index (χ1n) is 8.52. The lowest BCUT2D eigenvalue weighted by atomic mass is 10.1. The van der Waals surface area contributed by atoms with Gasteiger partial charge in [0.15, 0.2) is 0 Å². The maximum atomic E-state index is 12.9. The third kappa shape index (κ3) is 2.76. The van der Waals surface area contributed by atoms with E-state index in [9.17, 15) is 14.4 Å². The molecule has 1 N–H and O–H groups in total. The van der Waals surface area contributed by atoms with Gasteiger partial charge in [-0.05, 0) is 23.8 Å². The molecule has 4 rings (SSSR count). The minimum atomic E-state index is -0.410. The van der Waals surface area contributed by atoms with Gasteiger partial charge in [-0.3, -0.25) is 24.3 Å². The Morgan fingerprint density at radius 1 is 1.12 bits per heavy atom. The van der Waals surface area contributed by atoms with Crippen LogP contribution in [0.2, 0.25) is 0 Å². The highest BCUT2D eigenvalue weighted by atomic mass is 16.2. The minimum Gasteiger partial charge on any atom is -0.331 e. The molecule has 7 nitrogen and oxygen atoms in total. The molecule has 3 amide bonds. The van der Waals surface area contributed by atoms with Crippen molar-refractivity contribution in [2.24, 2.45) is 0 Å². The number of aromatic nitrogens is 1. The van der Waals surface area contributed by atoms with Crippen molar-refractivity contribution in [2.45, 2.75) is 6.04 Å². The van der Waals surface area contributed by atoms with Gasteiger partial charge in [0.1, 0.15) is 6.54 Å². The fourth-order valence-corrected chi connectivity index (χ4v) is 3.48. The number of fused-ring (bicyclic) bond motifs is 1. The number of imide groups is 1. The SMILES string of the molecule is O=C1c2ccccc2C(=O)N1CC(=O)N1CCNCC1c1cccnc1. The zero-order valence-corrected chi connectivity index (χ0v) is 14.1. The Balaban J connectivity index is 1.54. The smallest absolute Gasteiger partial charge is 0.262 e. The maximum absolute atomic E-state index is 12.9. The number of benzene rings is 1. The van der Waals surface area contributed by atoms with Crippen LogP contribution in [0.15, 0.2) is 48.8 Å². The van der Waals surface area contributed by atoms with Gasteiger partial charge in [-0.1, -0.05) is 18.2 Å². The number of pyridine rings is 1. The lowest BCUT2D eigenvalue weighted by Crippen LogP contribution is -2.52. The average Bonchev–Trinajstić information content (AvgIpc) is 2.94. The van der Waals surface area contributed by atoms with E-state index in [4.69, 9.17) is 0 Å². The molecule has 1 aromatic heterocycles. The molecule has 0 saturated carbocycles. The van der Waals surface area contributed by atoms with Crippen LogP contribution in [0.1, 0.15) is 32.3 Å². The third-order valence-corrected chi connectivity index (χ3v) is 4.80. The molecule has 2 aromatic rings. The summed E-state index contributed by atoms with van der Waals surface area (Å²) in [7, 11) is 0. The molecule has 2 aliphatic heterocycles. The Labute approximate surface area is 150 Å².